The van der Waals surface area contributed by atoms with Crippen molar-refractivity contribution in [2.75, 3.05) is 0 Å². The molecular formula is C23H7BF15N2-. The van der Waals surface area contributed by atoms with E-state index in [1.807, 2.05) is 0 Å². The van der Waals surface area contributed by atoms with Gasteiger partial charge in [-0.1, -0.05) is 6.92 Å². The van der Waals surface area contributed by atoms with Crippen LogP contribution in [0.5, 0.6) is 0 Å². The molecule has 0 radical (unpaired) electrons. The Morgan fingerprint density at radius 3 is 0.951 bits per heavy atom. The smallest absolute Gasteiger partial charge is 0.200 e. The van der Waals surface area contributed by atoms with Gasteiger partial charge < -0.3 is 4.48 Å². The van der Waals surface area contributed by atoms with Gasteiger partial charge in [0, 0.05) is 6.20 Å². The second-order valence-electron chi connectivity index (χ2n) is 8.42. The van der Waals surface area contributed by atoms with Crippen LogP contribution in [0.2, 0.25) is 0 Å². The molecule has 18 heteroatoms. The lowest BCUT2D eigenvalue weighted by molar-refractivity contribution is 0.379. The molecule has 41 heavy (non-hydrogen) atoms. The van der Waals surface area contributed by atoms with Gasteiger partial charge in [0.15, 0.2) is 58.6 Å². The van der Waals surface area contributed by atoms with Crippen LogP contribution in [0.3, 0.4) is 0 Å². The Hall–Kier alpha value is -4.12. The Bertz CT molecular complexity index is 1500. The number of nitrogens with zero attached hydrogens (tertiary/aromatic N) is 2. The van der Waals surface area contributed by atoms with E-state index in [1.54, 1.807) is 0 Å². The Morgan fingerprint density at radius 2 is 0.707 bits per heavy atom. The molecule has 4 rings (SSSR count). The van der Waals surface area contributed by atoms with Crippen LogP contribution >= 0.6 is 0 Å². The van der Waals surface area contributed by atoms with Gasteiger partial charge in [-0.3, -0.25) is 0 Å². The Labute approximate surface area is 217 Å². The molecule has 2 nitrogen and oxygen atoms in total. The highest BCUT2D eigenvalue weighted by atomic mass is 19.2. The molecule has 0 aliphatic heterocycles. The average Bonchev–Trinajstić information content (AvgIpc) is 3.44. The van der Waals surface area contributed by atoms with E-state index in [9.17, 15) is 39.5 Å². The van der Waals surface area contributed by atoms with E-state index >= 15 is 26.3 Å². The standard InChI is InChI=1S/C23H7BF15N2/c1-2-5-3-40-4-41(5)24(6-9(25)15(31)21(37)16(32)10(6)26,7-11(27)17(33)22(38)18(34)12(7)28)8-13(29)19(35)23(39)20(36)14(8)30/h3-4H,2H2,1H3/q-1. The fraction of sp³-hybridized carbons (Fsp3) is 0.0870. The summed E-state index contributed by atoms with van der Waals surface area (Å²) in [4.78, 5) is 3.36. The molecule has 0 aliphatic rings. The molecule has 3 aromatic carbocycles. The molecule has 0 bridgehead atoms. The third-order valence-electron chi connectivity index (χ3n) is 6.51. The SMILES string of the molecule is CCc1cncn1[B-](c1c(F)c(F)c(F)c(F)c1F)(c1c(F)c(F)c(F)c(F)c1F)c1c(F)c(F)c(F)c(F)c1F. The lowest BCUT2D eigenvalue weighted by Crippen LogP contribution is -2.77. The maximum atomic E-state index is 15.4. The average molecular weight is 607 g/mol. The van der Waals surface area contributed by atoms with Gasteiger partial charge in [-0.2, -0.15) is 0 Å². The van der Waals surface area contributed by atoms with E-state index < -0.39 is 122 Å². The molecular weight excluding hydrogens is 600 g/mol. The molecule has 218 valence electrons. The molecule has 0 amide bonds. The zero-order chi connectivity index (χ0) is 30.9. The van der Waals surface area contributed by atoms with E-state index in [0.29, 0.717) is 6.20 Å². The van der Waals surface area contributed by atoms with Crippen molar-refractivity contribution < 1.29 is 65.9 Å². The third-order valence-corrected chi connectivity index (χ3v) is 6.51. The van der Waals surface area contributed by atoms with Gasteiger partial charge in [-0.05, 0) is 12.1 Å². The van der Waals surface area contributed by atoms with Crippen LogP contribution in [0.25, 0.3) is 0 Å². The van der Waals surface area contributed by atoms with Gasteiger partial charge in [0.1, 0.15) is 34.9 Å². The topological polar surface area (TPSA) is 17.8 Å². The summed E-state index contributed by atoms with van der Waals surface area (Å²) in [5.41, 5.74) is -8.90. The lowest BCUT2D eigenvalue weighted by Gasteiger charge is -2.46. The zero-order valence-electron chi connectivity index (χ0n) is 19.5. The van der Waals surface area contributed by atoms with E-state index in [-0.39, 0.29) is 10.8 Å². The summed E-state index contributed by atoms with van der Waals surface area (Å²) in [6.07, 6.45) is -5.73. The van der Waals surface area contributed by atoms with Crippen LogP contribution < -0.4 is 16.4 Å². The largest absolute Gasteiger partial charge is 0.497 e. The molecule has 0 N–H and O–H groups in total. The molecule has 0 saturated carbocycles. The van der Waals surface area contributed by atoms with Gasteiger partial charge in [0.25, 0.3) is 0 Å². The number of benzene rings is 3. The predicted octanol–water partition coefficient (Wildman–Crippen LogP) is 5.05. The predicted molar refractivity (Wildman–Crippen MR) is 110 cm³/mol. The van der Waals surface area contributed by atoms with Crippen molar-refractivity contribution in [3.63, 3.8) is 0 Å². The summed E-state index contributed by atoms with van der Waals surface area (Å²) in [7, 11) is 0. The first-order chi connectivity index (χ1) is 19.1. The van der Waals surface area contributed by atoms with Crippen molar-refractivity contribution in [3.8, 4) is 0 Å². The number of aryl methyl sites for hydroxylation is 1. The fourth-order valence-electron chi connectivity index (χ4n) is 4.77. The summed E-state index contributed by atoms with van der Waals surface area (Å²) in [5.74, 6) is -45.8. The van der Waals surface area contributed by atoms with Crippen molar-refractivity contribution in [2.24, 2.45) is 0 Å². The van der Waals surface area contributed by atoms with Crippen LogP contribution in [-0.4, -0.2) is 15.7 Å². The minimum Gasteiger partial charge on any atom is -0.497 e. The summed E-state index contributed by atoms with van der Waals surface area (Å²) < 4.78 is 221. The number of hydrogen-bond acceptors (Lipinski definition) is 1. The third kappa shape index (κ3) is 3.82. The quantitative estimate of drug-likeness (QED) is 0.135. The van der Waals surface area contributed by atoms with Crippen LogP contribution in [0, 0.1) is 87.3 Å². The molecule has 1 heterocycles. The number of hydrogen-bond donors (Lipinski definition) is 0. The van der Waals surface area contributed by atoms with Crippen molar-refractivity contribution in [2.45, 2.75) is 13.3 Å². The molecule has 4 aromatic rings. The van der Waals surface area contributed by atoms with Crippen LogP contribution in [0.15, 0.2) is 12.5 Å². The van der Waals surface area contributed by atoms with Crippen LogP contribution in [-0.2, 0) is 6.42 Å². The number of rotatable bonds is 5. The maximum Gasteiger partial charge on any atom is 0.200 e. The highest BCUT2D eigenvalue weighted by Gasteiger charge is 2.50. The Kier molecular flexibility index (Phi) is 7.33. The van der Waals surface area contributed by atoms with Gasteiger partial charge in [0.2, 0.25) is 0 Å². The maximum absolute atomic E-state index is 15.4. The van der Waals surface area contributed by atoms with Crippen LogP contribution in [0.1, 0.15) is 12.6 Å². The molecule has 0 aliphatic carbocycles. The highest BCUT2D eigenvalue weighted by Crippen LogP contribution is 2.29. The van der Waals surface area contributed by atoms with E-state index in [2.05, 4.69) is 4.98 Å². The second-order valence-corrected chi connectivity index (χ2v) is 8.42. The molecule has 0 atom stereocenters. The number of halogens is 15. The molecule has 0 fully saturated rings. The van der Waals surface area contributed by atoms with Crippen molar-refractivity contribution in [1.82, 2.24) is 9.46 Å². The van der Waals surface area contributed by atoms with Gasteiger partial charge in [0.05, 0.1) is 6.33 Å². The minimum atomic E-state index is -5.86. The highest BCUT2D eigenvalue weighted by molar-refractivity contribution is 7.10. The Balaban J connectivity index is 2.57. The summed E-state index contributed by atoms with van der Waals surface area (Å²) in [6.45, 7) is 1.09. The molecule has 0 spiro atoms. The molecule has 1 aromatic heterocycles. The van der Waals surface area contributed by atoms with Gasteiger partial charge >= 0.3 is 0 Å². The second kappa shape index (κ2) is 10.1. The fourth-order valence-corrected chi connectivity index (χ4v) is 4.77. The number of aromatic nitrogens is 2. The zero-order valence-corrected chi connectivity index (χ0v) is 19.5. The summed E-state index contributed by atoms with van der Waals surface area (Å²) >= 11 is 0. The summed E-state index contributed by atoms with van der Waals surface area (Å²) in [6, 6.07) is 0. The lowest BCUT2D eigenvalue weighted by atomic mass is 9.23. The first-order valence-electron chi connectivity index (χ1n) is 10.8. The van der Waals surface area contributed by atoms with Crippen LogP contribution in [0.4, 0.5) is 65.9 Å². The Morgan fingerprint density at radius 1 is 0.463 bits per heavy atom. The summed E-state index contributed by atoms with van der Waals surface area (Å²) in [5, 5.41) is 0. The van der Waals surface area contributed by atoms with Gasteiger partial charge in [-0.15, -0.1) is 16.4 Å². The van der Waals surface area contributed by atoms with Crippen molar-refractivity contribution >= 4 is 22.7 Å². The van der Waals surface area contributed by atoms with E-state index in [4.69, 9.17) is 0 Å². The first-order valence-corrected chi connectivity index (χ1v) is 10.8. The monoisotopic (exact) mass is 607 g/mol. The minimum absolute atomic E-state index is 0.132. The normalized spacial score (nSPS) is 12.0. The van der Waals surface area contributed by atoms with E-state index in [1.165, 1.54) is 0 Å². The molecule has 0 saturated heterocycles. The first kappa shape index (κ1) is 29.9. The van der Waals surface area contributed by atoms with E-state index in [0.717, 1.165) is 6.92 Å². The molecule has 0 unspecified atom stereocenters. The van der Waals surface area contributed by atoms with Crippen molar-refractivity contribution in [3.05, 3.63) is 105 Å². The van der Waals surface area contributed by atoms with Crippen molar-refractivity contribution in [1.29, 1.82) is 0 Å². The number of imidazole rings is 1. The van der Waals surface area contributed by atoms with Gasteiger partial charge in [-0.25, -0.2) is 70.8 Å².